The van der Waals surface area contributed by atoms with Gasteiger partial charge in [-0.3, -0.25) is 19.5 Å². The van der Waals surface area contributed by atoms with E-state index < -0.39 is 10.2 Å². The summed E-state index contributed by atoms with van der Waals surface area (Å²) in [6.07, 6.45) is 5.75. The van der Waals surface area contributed by atoms with Gasteiger partial charge in [0.05, 0.1) is 23.0 Å². The van der Waals surface area contributed by atoms with Crippen molar-refractivity contribution >= 4 is 35.0 Å². The van der Waals surface area contributed by atoms with E-state index in [9.17, 15) is 14.9 Å². The molecule has 31 heavy (non-hydrogen) atoms. The topological polar surface area (TPSA) is 115 Å². The van der Waals surface area contributed by atoms with Crippen molar-refractivity contribution in [2.24, 2.45) is 0 Å². The van der Waals surface area contributed by atoms with E-state index in [1.165, 1.54) is 43.5 Å². The summed E-state index contributed by atoms with van der Waals surface area (Å²) in [5, 5.41) is 22.9. The van der Waals surface area contributed by atoms with Gasteiger partial charge in [0.25, 0.3) is 5.69 Å². The van der Waals surface area contributed by atoms with Crippen LogP contribution in [0.3, 0.4) is 0 Å². The molecular weight excluding hydrogens is 420 g/mol. The molecule has 11 heteroatoms. The molecule has 2 heterocycles. The van der Waals surface area contributed by atoms with Crippen LogP contribution in [-0.2, 0) is 4.79 Å². The van der Waals surface area contributed by atoms with E-state index in [4.69, 9.17) is 4.74 Å². The summed E-state index contributed by atoms with van der Waals surface area (Å²) in [6, 6.07) is 4.50. The Bertz CT molecular complexity index is 971. The number of hydrogen-bond acceptors (Lipinski definition) is 8. The summed E-state index contributed by atoms with van der Waals surface area (Å²) in [5.41, 5.74) is 0.155. The van der Waals surface area contributed by atoms with Gasteiger partial charge in [-0.15, -0.1) is 10.2 Å². The van der Waals surface area contributed by atoms with Crippen LogP contribution in [-0.4, -0.2) is 51.0 Å². The van der Waals surface area contributed by atoms with Gasteiger partial charge >= 0.3 is 0 Å². The van der Waals surface area contributed by atoms with E-state index in [0.29, 0.717) is 11.8 Å². The first-order valence-corrected chi connectivity index (χ1v) is 11.4. The van der Waals surface area contributed by atoms with Crippen molar-refractivity contribution in [1.29, 1.82) is 0 Å². The number of methoxy groups -OCH3 is 1. The Hall–Kier alpha value is -2.82. The van der Waals surface area contributed by atoms with Crippen LogP contribution in [0.5, 0.6) is 5.75 Å². The van der Waals surface area contributed by atoms with Crippen LogP contribution in [0.2, 0.25) is 0 Å². The van der Waals surface area contributed by atoms with Gasteiger partial charge in [-0.05, 0) is 45.1 Å². The number of carbonyl (C=O) groups is 1. The summed E-state index contributed by atoms with van der Waals surface area (Å²) in [5.74, 6) is 0.982. The average molecular weight is 447 g/mol. The molecule has 1 aromatic carbocycles. The number of nitrogens with zero attached hydrogens (tertiary/aromatic N) is 5. The molecule has 10 nitrogen and oxygen atoms in total. The number of benzene rings is 1. The number of nitrogens with one attached hydrogen (secondary N) is 1. The Balaban J connectivity index is 1.49. The zero-order chi connectivity index (χ0) is 22.0. The minimum absolute atomic E-state index is 0.115. The van der Waals surface area contributed by atoms with E-state index >= 15 is 0 Å². The highest BCUT2D eigenvalue weighted by Gasteiger charge is 2.33. The zero-order valence-electron chi connectivity index (χ0n) is 17.6. The van der Waals surface area contributed by atoms with Gasteiger partial charge in [0.1, 0.15) is 5.75 Å². The third-order valence-electron chi connectivity index (χ3n) is 5.50. The number of nitro benzene ring substituents is 1. The quantitative estimate of drug-likeness (QED) is 0.371. The standard InChI is InChI=1S/C20H26N6O4S/c1-13(18(27)21-16-12-15(26(28)29)8-9-17(16)30-2)31-20-23-22-19(25(20)14-6-7-14)24-10-4-3-5-11-24/h8-9,12-14H,3-7,10-11H2,1-2H3,(H,21,27). The molecule has 2 fully saturated rings. The molecule has 1 aliphatic carbocycles. The highest BCUT2D eigenvalue weighted by molar-refractivity contribution is 8.00. The number of hydrogen-bond donors (Lipinski definition) is 1. The number of non-ortho nitro benzene ring substituents is 1. The van der Waals surface area contributed by atoms with Crippen molar-refractivity contribution in [3.63, 3.8) is 0 Å². The Morgan fingerprint density at radius 2 is 2.03 bits per heavy atom. The number of piperidine rings is 1. The summed E-state index contributed by atoms with van der Waals surface area (Å²) in [7, 11) is 1.45. The summed E-state index contributed by atoms with van der Waals surface area (Å²) >= 11 is 1.35. The predicted octanol–water partition coefficient (Wildman–Crippen LogP) is 3.64. The highest BCUT2D eigenvalue weighted by Crippen LogP contribution is 2.42. The fraction of sp³-hybridized carbons (Fsp3) is 0.550. The largest absolute Gasteiger partial charge is 0.495 e. The molecule has 1 atom stereocenters. The van der Waals surface area contributed by atoms with Crippen molar-refractivity contribution in [1.82, 2.24) is 14.8 Å². The van der Waals surface area contributed by atoms with Crippen molar-refractivity contribution < 1.29 is 14.5 Å². The lowest BCUT2D eigenvalue weighted by Crippen LogP contribution is -2.32. The second-order valence-electron chi connectivity index (χ2n) is 7.82. The Morgan fingerprint density at radius 1 is 1.29 bits per heavy atom. The molecule has 4 rings (SSSR count). The van der Waals surface area contributed by atoms with E-state index in [0.717, 1.165) is 49.9 Å². The Labute approximate surface area is 184 Å². The summed E-state index contributed by atoms with van der Waals surface area (Å²) in [6.45, 7) is 3.76. The molecule has 166 valence electrons. The van der Waals surface area contributed by atoms with Gasteiger partial charge in [-0.1, -0.05) is 11.8 Å². The molecule has 1 aliphatic heterocycles. The lowest BCUT2D eigenvalue weighted by Gasteiger charge is -2.28. The lowest BCUT2D eigenvalue weighted by molar-refractivity contribution is -0.384. The van der Waals surface area contributed by atoms with Gasteiger partial charge in [0, 0.05) is 31.3 Å². The fourth-order valence-electron chi connectivity index (χ4n) is 3.66. The first-order chi connectivity index (χ1) is 15.0. The van der Waals surface area contributed by atoms with Crippen LogP contribution in [0.25, 0.3) is 0 Å². The first-order valence-electron chi connectivity index (χ1n) is 10.5. The number of carbonyl (C=O) groups excluding carboxylic acids is 1. The predicted molar refractivity (Wildman–Crippen MR) is 118 cm³/mol. The third-order valence-corrected chi connectivity index (χ3v) is 6.56. The third kappa shape index (κ3) is 4.76. The number of rotatable bonds is 8. The van der Waals surface area contributed by atoms with Crippen LogP contribution in [0, 0.1) is 10.1 Å². The number of ether oxygens (including phenoxy) is 1. The fourth-order valence-corrected chi connectivity index (χ4v) is 4.58. The molecule has 0 bridgehead atoms. The molecule has 0 radical (unpaired) electrons. The number of anilines is 2. The number of aromatic nitrogens is 3. The van der Waals surface area contributed by atoms with Crippen LogP contribution in [0.15, 0.2) is 23.4 Å². The van der Waals surface area contributed by atoms with E-state index in [1.54, 1.807) is 6.92 Å². The molecule has 1 N–H and O–H groups in total. The molecule has 0 spiro atoms. The van der Waals surface area contributed by atoms with Gasteiger partial charge in [0.2, 0.25) is 11.9 Å². The Kier molecular flexibility index (Phi) is 6.30. The molecule has 1 saturated heterocycles. The first kappa shape index (κ1) is 21.4. The molecule has 1 saturated carbocycles. The van der Waals surface area contributed by atoms with Crippen molar-refractivity contribution in [3.8, 4) is 5.75 Å². The van der Waals surface area contributed by atoms with Crippen LogP contribution in [0.1, 0.15) is 45.1 Å². The van der Waals surface area contributed by atoms with Gasteiger partial charge in [-0.25, -0.2) is 0 Å². The van der Waals surface area contributed by atoms with Gasteiger partial charge in [-0.2, -0.15) is 0 Å². The second kappa shape index (κ2) is 9.13. The lowest BCUT2D eigenvalue weighted by atomic mass is 10.1. The SMILES string of the molecule is COc1ccc([N+](=O)[O-])cc1NC(=O)C(C)Sc1nnc(N2CCCCC2)n1C1CC1. The molecule has 2 aromatic rings. The zero-order valence-corrected chi connectivity index (χ0v) is 18.4. The maximum Gasteiger partial charge on any atom is 0.271 e. The van der Waals surface area contributed by atoms with E-state index in [1.807, 2.05) is 0 Å². The highest BCUT2D eigenvalue weighted by atomic mass is 32.2. The van der Waals surface area contributed by atoms with E-state index in [2.05, 4.69) is 25.0 Å². The van der Waals surface area contributed by atoms with Crippen molar-refractivity contribution in [3.05, 3.63) is 28.3 Å². The van der Waals surface area contributed by atoms with E-state index in [-0.39, 0.29) is 17.3 Å². The summed E-state index contributed by atoms with van der Waals surface area (Å²) in [4.78, 5) is 25.7. The number of amides is 1. The van der Waals surface area contributed by atoms with Gasteiger partial charge in [0.15, 0.2) is 5.16 Å². The minimum Gasteiger partial charge on any atom is -0.495 e. The molecule has 1 unspecified atom stereocenters. The van der Waals surface area contributed by atoms with Crippen molar-refractivity contribution in [2.45, 2.75) is 55.5 Å². The second-order valence-corrected chi connectivity index (χ2v) is 9.13. The maximum absolute atomic E-state index is 12.8. The van der Waals surface area contributed by atoms with Crippen LogP contribution < -0.4 is 15.0 Å². The normalized spacial score (nSPS) is 17.3. The molecule has 2 aliphatic rings. The van der Waals surface area contributed by atoms with Crippen LogP contribution >= 0.6 is 11.8 Å². The Morgan fingerprint density at radius 3 is 2.68 bits per heavy atom. The maximum atomic E-state index is 12.8. The average Bonchev–Trinajstić information content (AvgIpc) is 3.53. The molecular formula is C20H26N6O4S. The van der Waals surface area contributed by atoms with Crippen molar-refractivity contribution in [2.75, 3.05) is 30.4 Å². The molecule has 1 aromatic heterocycles. The van der Waals surface area contributed by atoms with Crippen LogP contribution in [0.4, 0.5) is 17.3 Å². The van der Waals surface area contributed by atoms with Gasteiger partial charge < -0.3 is 15.0 Å². The monoisotopic (exact) mass is 446 g/mol. The number of thioether (sulfide) groups is 1. The minimum atomic E-state index is -0.506. The summed E-state index contributed by atoms with van der Waals surface area (Å²) < 4.78 is 7.41. The molecule has 1 amide bonds. The number of nitro groups is 1. The smallest absolute Gasteiger partial charge is 0.271 e.